The first-order chi connectivity index (χ1) is 9.45. The van der Waals surface area contributed by atoms with Gasteiger partial charge in [-0.2, -0.15) is 0 Å². The Bertz CT molecular complexity index is 524. The van der Waals surface area contributed by atoms with Crippen LogP contribution in [-0.2, 0) is 0 Å². The molecule has 3 heteroatoms. The molecule has 0 fully saturated rings. The zero-order valence-electron chi connectivity index (χ0n) is 12.9. The van der Waals surface area contributed by atoms with Gasteiger partial charge in [0.1, 0.15) is 0 Å². The maximum absolute atomic E-state index is 12.5. The molecule has 1 aromatic rings. The number of aryl methyl sites for hydroxylation is 1. The van der Waals surface area contributed by atoms with E-state index in [9.17, 15) is 4.79 Å². The van der Waals surface area contributed by atoms with Gasteiger partial charge in [0.2, 0.25) is 0 Å². The first-order valence-corrected chi connectivity index (χ1v) is 7.00. The summed E-state index contributed by atoms with van der Waals surface area (Å²) in [6, 6.07) is 5.73. The van der Waals surface area contributed by atoms with Gasteiger partial charge in [0.15, 0.2) is 0 Å². The molecule has 0 aliphatic rings. The van der Waals surface area contributed by atoms with Gasteiger partial charge in [0.25, 0.3) is 5.91 Å². The van der Waals surface area contributed by atoms with Crippen molar-refractivity contribution in [2.24, 2.45) is 11.7 Å². The molecule has 0 aromatic heterocycles. The topological polar surface area (TPSA) is 46.3 Å². The minimum absolute atomic E-state index is 0.0203. The van der Waals surface area contributed by atoms with Crippen LogP contribution >= 0.6 is 0 Å². The molecular weight excluding hydrogens is 248 g/mol. The summed E-state index contributed by atoms with van der Waals surface area (Å²) in [5.74, 6) is 6.42. The number of amides is 1. The maximum atomic E-state index is 12.5. The van der Waals surface area contributed by atoms with Crippen LogP contribution in [0.1, 0.15) is 41.8 Å². The number of hydrogen-bond donors (Lipinski definition) is 1. The molecule has 0 atom stereocenters. The van der Waals surface area contributed by atoms with E-state index >= 15 is 0 Å². The second-order valence-electron chi connectivity index (χ2n) is 5.46. The zero-order valence-corrected chi connectivity index (χ0v) is 12.9. The molecule has 108 valence electrons. The van der Waals surface area contributed by atoms with Crippen molar-refractivity contribution in [3.05, 3.63) is 34.9 Å². The van der Waals surface area contributed by atoms with Crippen LogP contribution in [-0.4, -0.2) is 30.9 Å². The van der Waals surface area contributed by atoms with Gasteiger partial charge in [-0.05, 0) is 37.0 Å². The molecule has 0 aliphatic carbocycles. The summed E-state index contributed by atoms with van der Waals surface area (Å²) < 4.78 is 0. The highest BCUT2D eigenvalue weighted by molar-refractivity contribution is 5.96. The summed E-state index contributed by atoms with van der Waals surface area (Å²) in [5.41, 5.74) is 7.92. The monoisotopic (exact) mass is 272 g/mol. The van der Waals surface area contributed by atoms with Crippen molar-refractivity contribution >= 4 is 5.91 Å². The first-order valence-electron chi connectivity index (χ1n) is 7.00. The third-order valence-electron chi connectivity index (χ3n) is 3.12. The Hall–Kier alpha value is -1.79. The molecule has 0 radical (unpaired) electrons. The van der Waals surface area contributed by atoms with Gasteiger partial charge in [-0.25, -0.2) is 0 Å². The lowest BCUT2D eigenvalue weighted by Crippen LogP contribution is -2.29. The third kappa shape index (κ3) is 4.71. The van der Waals surface area contributed by atoms with Gasteiger partial charge in [0.05, 0.1) is 12.1 Å². The van der Waals surface area contributed by atoms with Crippen LogP contribution in [0, 0.1) is 24.7 Å². The highest BCUT2D eigenvalue weighted by Crippen LogP contribution is 2.14. The summed E-state index contributed by atoms with van der Waals surface area (Å²) in [6.45, 7) is 7.36. The van der Waals surface area contributed by atoms with Gasteiger partial charge < -0.3 is 10.6 Å². The summed E-state index contributed by atoms with van der Waals surface area (Å²) in [4.78, 5) is 14.2. The first kappa shape index (κ1) is 16.3. The van der Waals surface area contributed by atoms with Crippen molar-refractivity contribution in [2.45, 2.75) is 27.2 Å². The molecule has 0 heterocycles. The molecule has 20 heavy (non-hydrogen) atoms. The van der Waals surface area contributed by atoms with E-state index in [-0.39, 0.29) is 5.91 Å². The van der Waals surface area contributed by atoms with Crippen molar-refractivity contribution in [3.8, 4) is 11.8 Å². The summed E-state index contributed by atoms with van der Waals surface area (Å²) in [5, 5.41) is 0. The molecule has 3 nitrogen and oxygen atoms in total. The van der Waals surface area contributed by atoms with Crippen LogP contribution in [0.4, 0.5) is 0 Å². The molecule has 1 rings (SSSR count). The average molecular weight is 272 g/mol. The standard InChI is InChI=1S/C17H24N2O/c1-13(2)9-11-19(4)17(20)16-8-7-14(3)12-15(16)6-5-10-18/h7-8,12-13H,9-11,18H2,1-4H3. The number of nitrogens with zero attached hydrogens (tertiary/aromatic N) is 1. The second-order valence-corrected chi connectivity index (χ2v) is 5.46. The SMILES string of the molecule is Cc1ccc(C(=O)N(C)CCC(C)C)c(C#CCN)c1. The Labute approximate surface area is 122 Å². The van der Waals surface area contributed by atoms with E-state index in [0.29, 0.717) is 18.0 Å². The fourth-order valence-electron chi connectivity index (χ4n) is 1.85. The Balaban J connectivity index is 2.97. The Morgan fingerprint density at radius 1 is 1.40 bits per heavy atom. The predicted octanol–water partition coefficient (Wildman–Crippen LogP) is 2.42. The van der Waals surface area contributed by atoms with Gasteiger partial charge in [-0.3, -0.25) is 4.79 Å². The Morgan fingerprint density at radius 3 is 2.70 bits per heavy atom. The second kappa shape index (κ2) is 7.72. The highest BCUT2D eigenvalue weighted by Gasteiger charge is 2.15. The van der Waals surface area contributed by atoms with Gasteiger partial charge in [-0.15, -0.1) is 0 Å². The van der Waals surface area contributed by atoms with E-state index in [1.54, 1.807) is 4.90 Å². The largest absolute Gasteiger partial charge is 0.342 e. The van der Waals surface area contributed by atoms with Crippen molar-refractivity contribution < 1.29 is 4.79 Å². The molecule has 0 saturated heterocycles. The van der Waals surface area contributed by atoms with E-state index in [1.165, 1.54) is 0 Å². The van der Waals surface area contributed by atoms with Crippen molar-refractivity contribution in [2.75, 3.05) is 20.1 Å². The van der Waals surface area contributed by atoms with E-state index in [1.807, 2.05) is 32.2 Å². The zero-order chi connectivity index (χ0) is 15.1. The Kier molecular flexibility index (Phi) is 6.27. The lowest BCUT2D eigenvalue weighted by Gasteiger charge is -2.19. The average Bonchev–Trinajstić information content (AvgIpc) is 2.41. The molecule has 1 amide bonds. The molecule has 0 unspecified atom stereocenters. The molecule has 0 bridgehead atoms. The van der Waals surface area contributed by atoms with E-state index in [0.717, 1.165) is 24.1 Å². The van der Waals surface area contributed by atoms with Gasteiger partial charge in [-0.1, -0.05) is 31.8 Å². The lowest BCUT2D eigenvalue weighted by atomic mass is 10.0. The van der Waals surface area contributed by atoms with Crippen LogP contribution in [0.25, 0.3) is 0 Å². The predicted molar refractivity (Wildman–Crippen MR) is 83.5 cm³/mol. The molecule has 0 spiro atoms. The van der Waals surface area contributed by atoms with Crippen LogP contribution in [0.2, 0.25) is 0 Å². The minimum atomic E-state index is 0.0203. The molecule has 2 N–H and O–H groups in total. The van der Waals surface area contributed by atoms with Crippen LogP contribution in [0.5, 0.6) is 0 Å². The summed E-state index contributed by atoms with van der Waals surface area (Å²) in [6.07, 6.45) is 0.998. The van der Waals surface area contributed by atoms with Gasteiger partial charge in [0, 0.05) is 19.2 Å². The lowest BCUT2D eigenvalue weighted by molar-refractivity contribution is 0.0789. The quantitative estimate of drug-likeness (QED) is 0.856. The molecular formula is C17H24N2O. The maximum Gasteiger partial charge on any atom is 0.254 e. The third-order valence-corrected chi connectivity index (χ3v) is 3.12. The van der Waals surface area contributed by atoms with Crippen LogP contribution in [0.15, 0.2) is 18.2 Å². The smallest absolute Gasteiger partial charge is 0.254 e. The number of carbonyl (C=O) groups excluding carboxylic acids is 1. The van der Waals surface area contributed by atoms with E-state index in [4.69, 9.17) is 5.73 Å². The van der Waals surface area contributed by atoms with E-state index < -0.39 is 0 Å². The fraction of sp³-hybridized carbons (Fsp3) is 0.471. The van der Waals surface area contributed by atoms with E-state index in [2.05, 4.69) is 25.7 Å². The van der Waals surface area contributed by atoms with Crippen LogP contribution in [0.3, 0.4) is 0 Å². The minimum Gasteiger partial charge on any atom is -0.342 e. The van der Waals surface area contributed by atoms with Crippen molar-refractivity contribution in [1.29, 1.82) is 0 Å². The van der Waals surface area contributed by atoms with Crippen LogP contribution < -0.4 is 5.73 Å². The Morgan fingerprint density at radius 2 is 2.10 bits per heavy atom. The molecule has 0 saturated carbocycles. The number of benzene rings is 1. The number of hydrogen-bond acceptors (Lipinski definition) is 2. The highest BCUT2D eigenvalue weighted by atomic mass is 16.2. The summed E-state index contributed by atoms with van der Waals surface area (Å²) >= 11 is 0. The molecule has 0 aliphatic heterocycles. The number of nitrogens with two attached hydrogens (primary N) is 1. The van der Waals surface area contributed by atoms with Crippen molar-refractivity contribution in [1.82, 2.24) is 4.90 Å². The van der Waals surface area contributed by atoms with Crippen molar-refractivity contribution in [3.63, 3.8) is 0 Å². The van der Waals surface area contributed by atoms with Gasteiger partial charge >= 0.3 is 0 Å². The fourth-order valence-corrected chi connectivity index (χ4v) is 1.85. The molecule has 1 aromatic carbocycles. The number of carbonyl (C=O) groups is 1. The number of rotatable bonds is 4. The normalized spacial score (nSPS) is 10.1. The summed E-state index contributed by atoms with van der Waals surface area (Å²) in [7, 11) is 1.84.